The molecule has 0 aliphatic carbocycles. The van der Waals surface area contributed by atoms with Gasteiger partial charge < -0.3 is 14.6 Å². The number of allylic oxidation sites excluding steroid dienone is 1. The molecule has 40 heavy (non-hydrogen) atoms. The molecular formula is C34H33F3O3. The molecule has 0 aliphatic rings. The van der Waals surface area contributed by atoms with Gasteiger partial charge in [0.1, 0.15) is 12.4 Å². The SMILES string of the molecule is C=CCCCOc1ccc(OCc2ccc(-c3ccc(-c4ccc(C(O)CCC)cc4)c(F)c3F)cc2)cc1F. The van der Waals surface area contributed by atoms with Crippen molar-refractivity contribution in [2.75, 3.05) is 6.61 Å². The van der Waals surface area contributed by atoms with E-state index in [0.29, 0.717) is 29.9 Å². The second-order valence-electron chi connectivity index (χ2n) is 9.57. The second kappa shape index (κ2) is 13.9. The average Bonchev–Trinajstić information content (AvgIpc) is 2.97. The average molecular weight is 547 g/mol. The topological polar surface area (TPSA) is 38.7 Å². The molecule has 0 saturated heterocycles. The van der Waals surface area contributed by atoms with Gasteiger partial charge in [0.25, 0.3) is 0 Å². The molecule has 1 unspecified atom stereocenters. The summed E-state index contributed by atoms with van der Waals surface area (Å²) < 4.78 is 55.6. The van der Waals surface area contributed by atoms with E-state index in [4.69, 9.17) is 9.47 Å². The van der Waals surface area contributed by atoms with Gasteiger partial charge in [-0.2, -0.15) is 0 Å². The van der Waals surface area contributed by atoms with Crippen LogP contribution in [0.5, 0.6) is 11.5 Å². The van der Waals surface area contributed by atoms with Gasteiger partial charge in [0.15, 0.2) is 23.2 Å². The van der Waals surface area contributed by atoms with Crippen molar-refractivity contribution < 1.29 is 27.8 Å². The summed E-state index contributed by atoms with van der Waals surface area (Å²) in [5.74, 6) is -1.83. The highest BCUT2D eigenvalue weighted by molar-refractivity contribution is 5.72. The minimum absolute atomic E-state index is 0.148. The second-order valence-corrected chi connectivity index (χ2v) is 9.57. The summed E-state index contributed by atoms with van der Waals surface area (Å²) in [7, 11) is 0. The van der Waals surface area contributed by atoms with Crippen molar-refractivity contribution in [1.82, 2.24) is 0 Å². The Morgan fingerprint density at radius 2 is 1.45 bits per heavy atom. The van der Waals surface area contributed by atoms with Gasteiger partial charge in [-0.3, -0.25) is 0 Å². The van der Waals surface area contributed by atoms with E-state index in [1.54, 1.807) is 72.8 Å². The molecule has 4 rings (SSSR count). The standard InChI is InChI=1S/C34H33F3O3/c1-3-5-6-20-39-32-19-16-27(21-30(32)35)40-22-23-8-10-24(11-9-23)28-17-18-29(34(37)33(28)36)25-12-14-26(15-13-25)31(38)7-4-2/h3,8-19,21,31,38H,1,4-7,20,22H2,2H3. The van der Waals surface area contributed by atoms with Crippen molar-refractivity contribution in [2.24, 2.45) is 0 Å². The van der Waals surface area contributed by atoms with E-state index in [9.17, 15) is 9.50 Å². The van der Waals surface area contributed by atoms with Gasteiger partial charge in [-0.15, -0.1) is 6.58 Å². The van der Waals surface area contributed by atoms with E-state index in [2.05, 4.69) is 6.58 Å². The van der Waals surface area contributed by atoms with E-state index in [0.717, 1.165) is 30.4 Å². The molecule has 0 spiro atoms. The molecule has 0 heterocycles. The first-order valence-corrected chi connectivity index (χ1v) is 13.4. The summed E-state index contributed by atoms with van der Waals surface area (Å²) >= 11 is 0. The van der Waals surface area contributed by atoms with Crippen LogP contribution in [0.15, 0.2) is 91.5 Å². The molecular weight excluding hydrogens is 513 g/mol. The summed E-state index contributed by atoms with van der Waals surface area (Å²) in [6.07, 6.45) is 4.26. The number of unbranched alkanes of at least 4 members (excludes halogenated alkanes) is 1. The highest BCUT2D eigenvalue weighted by atomic mass is 19.2. The van der Waals surface area contributed by atoms with Crippen molar-refractivity contribution in [3.05, 3.63) is 120 Å². The molecule has 0 saturated carbocycles. The fourth-order valence-corrected chi connectivity index (χ4v) is 4.37. The lowest BCUT2D eigenvalue weighted by Crippen LogP contribution is -2.00. The number of hydrogen-bond acceptors (Lipinski definition) is 3. The highest BCUT2D eigenvalue weighted by Crippen LogP contribution is 2.33. The zero-order valence-electron chi connectivity index (χ0n) is 22.5. The lowest BCUT2D eigenvalue weighted by Gasteiger charge is -2.13. The third-order valence-electron chi connectivity index (χ3n) is 6.63. The smallest absolute Gasteiger partial charge is 0.168 e. The van der Waals surface area contributed by atoms with Gasteiger partial charge in [0.2, 0.25) is 0 Å². The number of halogens is 3. The Morgan fingerprint density at radius 3 is 2.02 bits per heavy atom. The number of ether oxygens (including phenoxy) is 2. The molecule has 3 nitrogen and oxygen atoms in total. The molecule has 0 fully saturated rings. The summed E-state index contributed by atoms with van der Waals surface area (Å²) in [6.45, 7) is 6.22. The summed E-state index contributed by atoms with van der Waals surface area (Å²) in [4.78, 5) is 0. The Labute approximate surface area is 233 Å². The summed E-state index contributed by atoms with van der Waals surface area (Å²) in [5, 5.41) is 10.2. The van der Waals surface area contributed by atoms with Crippen molar-refractivity contribution >= 4 is 0 Å². The maximum atomic E-state index is 15.1. The Morgan fingerprint density at radius 1 is 0.825 bits per heavy atom. The van der Waals surface area contributed by atoms with Gasteiger partial charge in [-0.05, 0) is 53.6 Å². The monoisotopic (exact) mass is 546 g/mol. The van der Waals surface area contributed by atoms with Crippen molar-refractivity contribution in [3.63, 3.8) is 0 Å². The molecule has 0 aromatic heterocycles. The van der Waals surface area contributed by atoms with Crippen LogP contribution in [-0.4, -0.2) is 11.7 Å². The first-order chi connectivity index (χ1) is 19.4. The van der Waals surface area contributed by atoms with E-state index < -0.39 is 23.6 Å². The van der Waals surface area contributed by atoms with Gasteiger partial charge in [0, 0.05) is 17.2 Å². The Bertz CT molecular complexity index is 1420. The zero-order valence-corrected chi connectivity index (χ0v) is 22.5. The van der Waals surface area contributed by atoms with Crippen LogP contribution in [0.25, 0.3) is 22.3 Å². The molecule has 4 aromatic carbocycles. The number of benzene rings is 4. The number of hydrogen-bond donors (Lipinski definition) is 1. The first-order valence-electron chi connectivity index (χ1n) is 13.4. The number of aliphatic hydroxyl groups is 1. The van der Waals surface area contributed by atoms with Crippen molar-refractivity contribution in [3.8, 4) is 33.8 Å². The molecule has 208 valence electrons. The molecule has 0 radical (unpaired) electrons. The van der Waals surface area contributed by atoms with Crippen LogP contribution in [0.2, 0.25) is 0 Å². The van der Waals surface area contributed by atoms with Crippen molar-refractivity contribution in [2.45, 2.75) is 45.3 Å². The van der Waals surface area contributed by atoms with Crippen molar-refractivity contribution in [1.29, 1.82) is 0 Å². The van der Waals surface area contributed by atoms with E-state index in [1.165, 1.54) is 12.1 Å². The quantitative estimate of drug-likeness (QED) is 0.134. The molecule has 0 bridgehead atoms. The maximum absolute atomic E-state index is 15.1. The largest absolute Gasteiger partial charge is 0.491 e. The molecule has 4 aromatic rings. The molecule has 6 heteroatoms. The van der Waals surface area contributed by atoms with Crippen LogP contribution in [0.1, 0.15) is 49.8 Å². The number of aliphatic hydroxyl groups excluding tert-OH is 1. The predicted molar refractivity (Wildman–Crippen MR) is 153 cm³/mol. The van der Waals surface area contributed by atoms with E-state index in [-0.39, 0.29) is 23.5 Å². The van der Waals surface area contributed by atoms with Crippen LogP contribution < -0.4 is 9.47 Å². The Kier molecular flexibility index (Phi) is 10.0. The van der Waals surface area contributed by atoms with Crippen LogP contribution in [0.3, 0.4) is 0 Å². The van der Waals surface area contributed by atoms with E-state index >= 15 is 8.78 Å². The highest BCUT2D eigenvalue weighted by Gasteiger charge is 2.17. The Hall–Kier alpha value is -4.03. The summed E-state index contributed by atoms with van der Waals surface area (Å²) in [6, 6.07) is 21.3. The normalized spacial score (nSPS) is 11.7. The maximum Gasteiger partial charge on any atom is 0.168 e. The first kappa shape index (κ1) is 29.0. The molecule has 1 atom stereocenters. The lowest BCUT2D eigenvalue weighted by atomic mass is 9.96. The van der Waals surface area contributed by atoms with Gasteiger partial charge in [-0.25, -0.2) is 13.2 Å². The minimum Gasteiger partial charge on any atom is -0.491 e. The lowest BCUT2D eigenvalue weighted by molar-refractivity contribution is 0.166. The molecule has 0 aliphatic heterocycles. The van der Waals surface area contributed by atoms with E-state index in [1.807, 2.05) is 6.92 Å². The fraction of sp³-hybridized carbons (Fsp3) is 0.235. The minimum atomic E-state index is -0.932. The Balaban J connectivity index is 1.40. The molecule has 0 amide bonds. The number of rotatable bonds is 13. The van der Waals surface area contributed by atoms with Gasteiger partial charge in [0.05, 0.1) is 12.7 Å². The summed E-state index contributed by atoms with van der Waals surface area (Å²) in [5.41, 5.74) is 2.90. The fourth-order valence-electron chi connectivity index (χ4n) is 4.37. The third kappa shape index (κ3) is 7.13. The van der Waals surface area contributed by atoms with Crippen LogP contribution in [0.4, 0.5) is 13.2 Å². The van der Waals surface area contributed by atoms with Crippen LogP contribution >= 0.6 is 0 Å². The van der Waals surface area contributed by atoms with Gasteiger partial charge >= 0.3 is 0 Å². The zero-order chi connectivity index (χ0) is 28.5. The molecule has 1 N–H and O–H groups in total. The predicted octanol–water partition coefficient (Wildman–Crippen LogP) is 9.20. The third-order valence-corrected chi connectivity index (χ3v) is 6.63. The van der Waals surface area contributed by atoms with Crippen LogP contribution in [-0.2, 0) is 6.61 Å². The van der Waals surface area contributed by atoms with Crippen LogP contribution in [0, 0.1) is 17.5 Å². The van der Waals surface area contributed by atoms with Gasteiger partial charge in [-0.1, -0.05) is 80.1 Å².